The van der Waals surface area contributed by atoms with Crippen LogP contribution in [0.25, 0.3) is 0 Å². The lowest BCUT2D eigenvalue weighted by atomic mass is 10.1. The molecule has 0 spiro atoms. The molecule has 2 aromatic rings. The van der Waals surface area contributed by atoms with Crippen molar-refractivity contribution >= 4 is 11.6 Å². The fourth-order valence-corrected chi connectivity index (χ4v) is 1.90. The predicted molar refractivity (Wildman–Crippen MR) is 81.5 cm³/mol. The number of rotatable bonds is 5. The van der Waals surface area contributed by atoms with Gasteiger partial charge in [0.15, 0.2) is 11.5 Å². The highest BCUT2D eigenvalue weighted by molar-refractivity contribution is 6.04. The molecular weight excluding hydrogens is 268 g/mol. The Labute approximate surface area is 123 Å². The van der Waals surface area contributed by atoms with E-state index in [2.05, 4.69) is 10.6 Å². The maximum absolute atomic E-state index is 12.1. The smallest absolute Gasteiger partial charge is 0.255 e. The van der Waals surface area contributed by atoms with E-state index in [0.29, 0.717) is 5.69 Å². The Bertz CT molecular complexity index is 641. The number of carbonyl (C=O) groups excluding carboxylic acids is 1. The van der Waals surface area contributed by atoms with E-state index in [9.17, 15) is 15.0 Å². The monoisotopic (exact) mass is 286 g/mol. The van der Waals surface area contributed by atoms with Gasteiger partial charge in [-0.25, -0.2) is 0 Å². The zero-order chi connectivity index (χ0) is 15.2. The van der Waals surface area contributed by atoms with Crippen LogP contribution in [0.3, 0.4) is 0 Å². The first-order valence-corrected chi connectivity index (χ1v) is 6.73. The summed E-state index contributed by atoms with van der Waals surface area (Å²) >= 11 is 0. The summed E-state index contributed by atoms with van der Waals surface area (Å²) in [7, 11) is 0. The van der Waals surface area contributed by atoms with Gasteiger partial charge >= 0.3 is 0 Å². The van der Waals surface area contributed by atoms with Crippen molar-refractivity contribution in [3.05, 3.63) is 53.6 Å². The minimum Gasteiger partial charge on any atom is -0.504 e. The molecule has 0 radical (unpaired) electrons. The summed E-state index contributed by atoms with van der Waals surface area (Å²) in [6.07, 6.45) is 0. The maximum atomic E-state index is 12.1. The SMILES string of the molecule is CCNCc1cccc(NC(=O)c2ccc(O)c(O)c2)c1. The molecule has 0 unspecified atom stereocenters. The van der Waals surface area contributed by atoms with Crippen LogP contribution >= 0.6 is 0 Å². The molecule has 5 heteroatoms. The van der Waals surface area contributed by atoms with Gasteiger partial charge in [0, 0.05) is 17.8 Å². The van der Waals surface area contributed by atoms with Crippen LogP contribution in [-0.2, 0) is 6.54 Å². The van der Waals surface area contributed by atoms with E-state index >= 15 is 0 Å². The van der Waals surface area contributed by atoms with E-state index in [1.807, 2.05) is 25.1 Å². The molecule has 0 fully saturated rings. The molecule has 2 rings (SSSR count). The molecule has 0 heterocycles. The molecule has 0 aromatic heterocycles. The molecule has 0 saturated carbocycles. The van der Waals surface area contributed by atoms with Crippen LogP contribution in [-0.4, -0.2) is 22.7 Å². The number of hydrogen-bond donors (Lipinski definition) is 4. The molecule has 0 saturated heterocycles. The third-order valence-corrected chi connectivity index (χ3v) is 3.00. The lowest BCUT2D eigenvalue weighted by Gasteiger charge is -2.08. The highest BCUT2D eigenvalue weighted by Gasteiger charge is 2.09. The zero-order valence-corrected chi connectivity index (χ0v) is 11.8. The van der Waals surface area contributed by atoms with Crippen molar-refractivity contribution in [2.75, 3.05) is 11.9 Å². The molecular formula is C16H18N2O3. The van der Waals surface area contributed by atoms with Crippen molar-refractivity contribution in [1.82, 2.24) is 5.32 Å². The second kappa shape index (κ2) is 6.76. The summed E-state index contributed by atoms with van der Waals surface area (Å²) in [5.41, 5.74) is 2.04. The number of carbonyl (C=O) groups is 1. The number of phenols is 2. The van der Waals surface area contributed by atoms with Gasteiger partial charge in [-0.15, -0.1) is 0 Å². The van der Waals surface area contributed by atoms with Crippen molar-refractivity contribution in [1.29, 1.82) is 0 Å². The van der Waals surface area contributed by atoms with Crippen molar-refractivity contribution < 1.29 is 15.0 Å². The van der Waals surface area contributed by atoms with Gasteiger partial charge in [-0.2, -0.15) is 0 Å². The Kier molecular flexibility index (Phi) is 4.79. The van der Waals surface area contributed by atoms with Gasteiger partial charge < -0.3 is 20.8 Å². The van der Waals surface area contributed by atoms with Crippen LogP contribution in [0.2, 0.25) is 0 Å². The van der Waals surface area contributed by atoms with E-state index in [1.165, 1.54) is 18.2 Å². The summed E-state index contributed by atoms with van der Waals surface area (Å²) in [6.45, 7) is 3.65. The quantitative estimate of drug-likeness (QED) is 0.636. The van der Waals surface area contributed by atoms with Crippen molar-refractivity contribution in [2.45, 2.75) is 13.5 Å². The molecule has 0 aliphatic heterocycles. The highest BCUT2D eigenvalue weighted by atomic mass is 16.3. The standard InChI is InChI=1S/C16H18N2O3/c1-2-17-10-11-4-3-5-13(8-11)18-16(21)12-6-7-14(19)15(20)9-12/h3-9,17,19-20H,2,10H2,1H3,(H,18,21). The van der Waals surface area contributed by atoms with Crippen LogP contribution in [0.1, 0.15) is 22.8 Å². The molecule has 4 N–H and O–H groups in total. The first-order chi connectivity index (χ1) is 10.1. The van der Waals surface area contributed by atoms with Crippen molar-refractivity contribution in [3.8, 4) is 11.5 Å². The number of hydrogen-bond acceptors (Lipinski definition) is 4. The Morgan fingerprint density at radius 2 is 1.90 bits per heavy atom. The number of anilines is 1. The maximum Gasteiger partial charge on any atom is 0.255 e. The molecule has 2 aromatic carbocycles. The second-order valence-corrected chi connectivity index (χ2v) is 4.64. The van der Waals surface area contributed by atoms with Crippen LogP contribution in [0, 0.1) is 0 Å². The molecule has 110 valence electrons. The predicted octanol–water partition coefficient (Wildman–Crippen LogP) is 2.46. The fourth-order valence-electron chi connectivity index (χ4n) is 1.90. The molecule has 1 amide bonds. The fraction of sp³-hybridized carbons (Fsp3) is 0.188. The van der Waals surface area contributed by atoms with E-state index in [-0.39, 0.29) is 23.0 Å². The van der Waals surface area contributed by atoms with Crippen LogP contribution in [0.15, 0.2) is 42.5 Å². The van der Waals surface area contributed by atoms with Gasteiger partial charge in [-0.05, 0) is 42.4 Å². The van der Waals surface area contributed by atoms with Gasteiger partial charge in [0.2, 0.25) is 0 Å². The highest BCUT2D eigenvalue weighted by Crippen LogP contribution is 2.25. The molecule has 0 bridgehead atoms. The summed E-state index contributed by atoms with van der Waals surface area (Å²) in [5, 5.41) is 24.6. The lowest BCUT2D eigenvalue weighted by Crippen LogP contribution is -2.14. The number of benzene rings is 2. The molecule has 5 nitrogen and oxygen atoms in total. The molecule has 0 aliphatic rings. The first kappa shape index (κ1) is 14.9. The van der Waals surface area contributed by atoms with Crippen LogP contribution in [0.4, 0.5) is 5.69 Å². The Hall–Kier alpha value is -2.53. The number of aromatic hydroxyl groups is 2. The third kappa shape index (κ3) is 3.97. The van der Waals surface area contributed by atoms with Gasteiger partial charge in [0.25, 0.3) is 5.91 Å². The summed E-state index contributed by atoms with van der Waals surface area (Å²) in [5.74, 6) is -0.909. The first-order valence-electron chi connectivity index (χ1n) is 6.73. The normalized spacial score (nSPS) is 10.3. The summed E-state index contributed by atoms with van der Waals surface area (Å²) in [6, 6.07) is 11.5. The molecule has 0 aliphatic carbocycles. The van der Waals surface area contributed by atoms with E-state index in [0.717, 1.165) is 18.7 Å². The Balaban J connectivity index is 2.10. The molecule has 0 atom stereocenters. The lowest BCUT2D eigenvalue weighted by molar-refractivity contribution is 0.102. The number of amides is 1. The topological polar surface area (TPSA) is 81.6 Å². The van der Waals surface area contributed by atoms with Gasteiger partial charge in [-0.1, -0.05) is 19.1 Å². The number of phenolic OH excluding ortho intramolecular Hbond substituents is 2. The largest absolute Gasteiger partial charge is 0.504 e. The Morgan fingerprint density at radius 3 is 2.62 bits per heavy atom. The van der Waals surface area contributed by atoms with E-state index in [4.69, 9.17) is 0 Å². The second-order valence-electron chi connectivity index (χ2n) is 4.64. The van der Waals surface area contributed by atoms with Gasteiger partial charge in [-0.3, -0.25) is 4.79 Å². The zero-order valence-electron chi connectivity index (χ0n) is 11.8. The molecule has 21 heavy (non-hydrogen) atoms. The van der Waals surface area contributed by atoms with Crippen molar-refractivity contribution in [2.24, 2.45) is 0 Å². The summed E-state index contributed by atoms with van der Waals surface area (Å²) < 4.78 is 0. The summed E-state index contributed by atoms with van der Waals surface area (Å²) in [4.78, 5) is 12.1. The van der Waals surface area contributed by atoms with E-state index in [1.54, 1.807) is 6.07 Å². The third-order valence-electron chi connectivity index (χ3n) is 3.00. The van der Waals surface area contributed by atoms with E-state index < -0.39 is 0 Å². The van der Waals surface area contributed by atoms with Crippen molar-refractivity contribution in [3.63, 3.8) is 0 Å². The van der Waals surface area contributed by atoms with Gasteiger partial charge in [0.05, 0.1) is 0 Å². The Morgan fingerprint density at radius 1 is 1.10 bits per heavy atom. The van der Waals surface area contributed by atoms with Crippen LogP contribution < -0.4 is 10.6 Å². The minimum absolute atomic E-state index is 0.251. The van der Waals surface area contributed by atoms with Gasteiger partial charge in [0.1, 0.15) is 0 Å². The average molecular weight is 286 g/mol. The van der Waals surface area contributed by atoms with Crippen LogP contribution in [0.5, 0.6) is 11.5 Å². The number of nitrogens with one attached hydrogen (secondary N) is 2. The minimum atomic E-state index is -0.342. The average Bonchev–Trinajstić information content (AvgIpc) is 2.48.